The Morgan fingerprint density at radius 1 is 0.756 bits per heavy atom. The Labute approximate surface area is 270 Å². The Kier molecular flexibility index (Phi) is 30.9. The second-order valence-electron chi connectivity index (χ2n) is 8.41. The number of nitrogens with one attached hydrogen (secondary N) is 4. The summed E-state index contributed by atoms with van der Waals surface area (Å²) in [6.45, 7) is 5.92. The number of hydrogen-bond acceptors (Lipinski definition) is 12. The molecule has 0 aromatic carbocycles. The zero-order valence-electron chi connectivity index (χ0n) is 24.5. The zero-order chi connectivity index (χ0) is 32.4. The summed E-state index contributed by atoms with van der Waals surface area (Å²) >= 11 is 4.74. The number of rotatable bonds is 17. The van der Waals surface area contributed by atoms with E-state index in [9.17, 15) is 33.6 Å². The van der Waals surface area contributed by atoms with Crippen LogP contribution in [0.2, 0.25) is 0 Å². The Morgan fingerprint density at radius 2 is 1.22 bits per heavy atom. The predicted molar refractivity (Wildman–Crippen MR) is 164 cm³/mol. The van der Waals surface area contributed by atoms with Crippen LogP contribution in [0.5, 0.6) is 0 Å². The summed E-state index contributed by atoms with van der Waals surface area (Å²) < 4.78 is 14.0. The van der Waals surface area contributed by atoms with Crippen LogP contribution in [0, 0.1) is 0 Å². The van der Waals surface area contributed by atoms with Crippen molar-refractivity contribution in [3.8, 4) is 0 Å². The molecular formula is C24H42I2N4O10V. The van der Waals surface area contributed by atoms with E-state index in [1.54, 1.807) is 14.0 Å². The number of ketones is 2. The molecule has 2 amide bonds. The molecular weight excluding hydrogens is 809 g/mol. The molecule has 41 heavy (non-hydrogen) atoms. The van der Waals surface area contributed by atoms with Crippen molar-refractivity contribution >= 4 is 81.2 Å². The second kappa shape index (κ2) is 28.8. The number of amides is 2. The molecule has 3 unspecified atom stereocenters. The number of unbranched alkanes of at least 4 members (excludes halogenated alkanes) is 1. The fourth-order valence-corrected chi connectivity index (χ4v) is 2.60. The molecule has 0 saturated heterocycles. The standard InChI is InChI=1S/C12H20N2O6.C12H22N2O4.2HI.V/c1-7(15)5-10(16)14-9(3)12(18)20-6-19-11(17)8(2)13-4;1-9(15)8-11(16)14-10(12(17)18-3)6-4-5-7-13-2;;;/h8-9,13H,5-6H2,1-4H3,(H,14,16);10,13H,4-8H2,1-3H3,(H,14,16);2*1H;/q;;;;+2/p-2. The Hall–Kier alpha value is -1.35. The van der Waals surface area contributed by atoms with Gasteiger partial charge in [-0.25, -0.2) is 9.59 Å². The summed E-state index contributed by atoms with van der Waals surface area (Å²) in [5, 5.41) is 10.5. The van der Waals surface area contributed by atoms with Crippen LogP contribution in [0.4, 0.5) is 0 Å². The molecule has 0 aromatic rings. The van der Waals surface area contributed by atoms with E-state index in [1.807, 2.05) is 7.05 Å². The van der Waals surface area contributed by atoms with Crippen LogP contribution >= 0.6 is 40.0 Å². The summed E-state index contributed by atoms with van der Waals surface area (Å²) in [4.78, 5) is 78.3. The van der Waals surface area contributed by atoms with Crippen molar-refractivity contribution in [1.82, 2.24) is 21.3 Å². The van der Waals surface area contributed by atoms with E-state index >= 15 is 0 Å². The molecule has 14 nitrogen and oxygen atoms in total. The van der Waals surface area contributed by atoms with E-state index in [2.05, 4.69) is 75.4 Å². The van der Waals surface area contributed by atoms with Gasteiger partial charge in [-0.1, -0.05) is 0 Å². The summed E-state index contributed by atoms with van der Waals surface area (Å²) in [7, 11) is 5.35. The van der Waals surface area contributed by atoms with Crippen molar-refractivity contribution in [1.29, 1.82) is 0 Å². The minimum absolute atomic E-state index is 0.204. The fourth-order valence-electron chi connectivity index (χ4n) is 2.60. The number of halogens is 2. The fraction of sp³-hybridized carbons (Fsp3) is 0.708. The average Bonchev–Trinajstić information content (AvgIpc) is 2.89. The molecule has 0 radical (unpaired) electrons. The number of carbonyl (C=O) groups is 7. The third-order valence-electron chi connectivity index (χ3n) is 4.73. The molecule has 4 N–H and O–H groups in total. The van der Waals surface area contributed by atoms with Gasteiger partial charge in [-0.2, -0.15) is 0 Å². The van der Waals surface area contributed by atoms with Crippen molar-refractivity contribution in [2.45, 2.75) is 77.9 Å². The van der Waals surface area contributed by atoms with E-state index in [4.69, 9.17) is 0 Å². The second-order valence-corrected chi connectivity index (χ2v) is 20.2. The third-order valence-corrected chi connectivity index (χ3v) is 4.73. The molecule has 3 atom stereocenters. The van der Waals surface area contributed by atoms with Crippen LogP contribution in [-0.4, -0.2) is 94.0 Å². The van der Waals surface area contributed by atoms with E-state index in [0.29, 0.717) is 15.9 Å². The van der Waals surface area contributed by atoms with E-state index < -0.39 is 54.6 Å². The first-order valence-electron chi connectivity index (χ1n) is 12.4. The molecule has 0 fully saturated rings. The van der Waals surface area contributed by atoms with E-state index in [0.717, 1.165) is 19.4 Å². The molecule has 17 heteroatoms. The Bertz CT molecular complexity index is 836. The van der Waals surface area contributed by atoms with Gasteiger partial charge in [0.05, 0.1) is 20.0 Å². The molecule has 0 saturated carbocycles. The van der Waals surface area contributed by atoms with Crippen LogP contribution in [0.25, 0.3) is 0 Å². The van der Waals surface area contributed by atoms with Crippen molar-refractivity contribution in [2.75, 3.05) is 34.5 Å². The number of ether oxygens (including phenoxy) is 3. The van der Waals surface area contributed by atoms with Gasteiger partial charge in [0.2, 0.25) is 18.6 Å². The zero-order valence-corrected chi connectivity index (χ0v) is 30.2. The van der Waals surface area contributed by atoms with Gasteiger partial charge in [0.25, 0.3) is 0 Å². The minimum atomic E-state index is -0.928. The van der Waals surface area contributed by atoms with Crippen LogP contribution < -0.4 is 21.3 Å². The van der Waals surface area contributed by atoms with Gasteiger partial charge in [-0.15, -0.1) is 0 Å². The normalized spacial score (nSPS) is 11.8. The van der Waals surface area contributed by atoms with Crippen LogP contribution in [0.3, 0.4) is 0 Å². The average molecular weight is 851 g/mol. The molecule has 0 spiro atoms. The number of esters is 3. The summed E-state index contributed by atoms with van der Waals surface area (Å²) in [6.07, 6.45) is 1.71. The molecule has 0 aromatic heterocycles. The third kappa shape index (κ3) is 28.5. The Morgan fingerprint density at radius 3 is 1.63 bits per heavy atom. The molecule has 0 rings (SSSR count). The van der Waals surface area contributed by atoms with Gasteiger partial charge in [0, 0.05) is 0 Å². The van der Waals surface area contributed by atoms with Crippen molar-refractivity contribution in [3.63, 3.8) is 0 Å². The quantitative estimate of drug-likeness (QED) is 0.0532. The number of carbonyl (C=O) groups excluding carboxylic acids is 7. The van der Waals surface area contributed by atoms with Crippen LogP contribution in [0.15, 0.2) is 0 Å². The SMILES string of the molecule is CNC(C)C(=O)OCOC(=O)C(C)NC(=O)CC(C)=O.CNCCCCC(NC(=O)CC(C)=O)C(=O)OC.[I][V][I]. The first-order valence-corrected chi connectivity index (χ1v) is 21.4. The maximum atomic E-state index is 11.5. The number of likely N-dealkylation sites (N-methyl/N-ethyl adjacent to an activating group) is 1. The van der Waals surface area contributed by atoms with Gasteiger partial charge in [-0.3, -0.25) is 24.0 Å². The van der Waals surface area contributed by atoms with E-state index in [-0.39, 0.29) is 24.4 Å². The van der Waals surface area contributed by atoms with Gasteiger partial charge >= 0.3 is 67.3 Å². The van der Waals surface area contributed by atoms with Crippen molar-refractivity contribution in [2.24, 2.45) is 0 Å². The molecule has 0 aliphatic carbocycles. The topological polar surface area (TPSA) is 195 Å². The van der Waals surface area contributed by atoms with Gasteiger partial charge in [-0.05, 0) is 67.6 Å². The van der Waals surface area contributed by atoms with Crippen LogP contribution in [-0.2, 0) is 57.2 Å². The Balaban J connectivity index is -0.000000645. The van der Waals surface area contributed by atoms with Gasteiger partial charge in [0.15, 0.2) is 0 Å². The summed E-state index contributed by atoms with van der Waals surface area (Å²) in [5.41, 5.74) is 0. The molecule has 237 valence electrons. The number of hydrogen-bond donors (Lipinski definition) is 4. The number of methoxy groups -OCH3 is 1. The van der Waals surface area contributed by atoms with Crippen LogP contribution in [0.1, 0.15) is 59.8 Å². The van der Waals surface area contributed by atoms with E-state index in [1.165, 1.54) is 27.9 Å². The summed E-state index contributed by atoms with van der Waals surface area (Å²) in [6, 6.07) is -2.11. The van der Waals surface area contributed by atoms with Gasteiger partial charge < -0.3 is 35.5 Å². The molecule has 0 bridgehead atoms. The van der Waals surface area contributed by atoms with Crippen molar-refractivity contribution < 1.29 is 57.2 Å². The molecule has 0 heterocycles. The molecule has 0 aliphatic heterocycles. The molecule has 0 aliphatic rings. The first kappa shape index (κ1) is 44.1. The predicted octanol–water partition coefficient (Wildman–Crippen LogP) is 0.904. The monoisotopic (exact) mass is 851 g/mol. The first-order chi connectivity index (χ1) is 19.2. The number of Topliss-reactive ketones (excluding diaryl/α,β-unsaturated/α-hetero) is 2. The maximum absolute atomic E-state index is 11.5. The van der Waals surface area contributed by atoms with Crippen molar-refractivity contribution in [3.05, 3.63) is 0 Å². The summed E-state index contributed by atoms with van der Waals surface area (Å²) in [5.74, 6) is -3.34. The van der Waals surface area contributed by atoms with Gasteiger partial charge in [0.1, 0.15) is 29.7 Å².